The average Bonchev–Trinajstić information content (AvgIpc) is 2.35. The van der Waals surface area contributed by atoms with E-state index in [2.05, 4.69) is 11.9 Å². The van der Waals surface area contributed by atoms with E-state index in [0.717, 1.165) is 6.42 Å². The lowest BCUT2D eigenvalue weighted by molar-refractivity contribution is 0.205. The number of nitrogen functional groups attached to an aromatic ring is 1. The first kappa shape index (κ1) is 14.5. The van der Waals surface area contributed by atoms with Crippen LogP contribution in [0.1, 0.15) is 51.5 Å². The van der Waals surface area contributed by atoms with Crippen molar-refractivity contribution in [2.75, 3.05) is 0 Å². The van der Waals surface area contributed by atoms with Crippen molar-refractivity contribution in [3.63, 3.8) is 0 Å². The Morgan fingerprint density at radius 3 is 2.89 bits per heavy atom. The van der Waals surface area contributed by atoms with Crippen LogP contribution >= 0.6 is 0 Å². The maximum absolute atomic E-state index is 7.48. The van der Waals surface area contributed by atoms with Crippen LogP contribution in [0.3, 0.4) is 0 Å². The molecule has 0 aliphatic carbocycles. The second-order valence-corrected chi connectivity index (χ2v) is 4.56. The SMILES string of the molecule is CCCCCCC(C)Oc1cnccc1C(=N)N. The molecule has 0 spiro atoms. The molecule has 0 saturated heterocycles. The number of nitrogens with one attached hydrogen (secondary N) is 1. The zero-order valence-corrected chi connectivity index (χ0v) is 11.3. The number of nitrogens with two attached hydrogens (primary N) is 1. The molecule has 4 heteroatoms. The Kier molecular flexibility index (Phi) is 6.19. The summed E-state index contributed by atoms with van der Waals surface area (Å²) in [6.45, 7) is 4.25. The Hall–Kier alpha value is -1.58. The van der Waals surface area contributed by atoms with Crippen molar-refractivity contribution in [1.29, 1.82) is 5.41 Å². The van der Waals surface area contributed by atoms with Crippen LogP contribution in [-0.4, -0.2) is 16.9 Å². The maximum atomic E-state index is 7.48. The molecule has 0 aliphatic heterocycles. The normalized spacial score (nSPS) is 12.1. The molecule has 0 aliphatic rings. The fraction of sp³-hybridized carbons (Fsp3) is 0.571. The van der Waals surface area contributed by atoms with Crippen LogP contribution in [0.4, 0.5) is 0 Å². The summed E-state index contributed by atoms with van der Waals surface area (Å²) >= 11 is 0. The molecule has 100 valence electrons. The first-order chi connectivity index (χ1) is 8.65. The predicted octanol–water partition coefficient (Wildman–Crippen LogP) is 3.10. The van der Waals surface area contributed by atoms with Crippen LogP contribution in [0.15, 0.2) is 18.5 Å². The van der Waals surface area contributed by atoms with Crippen molar-refractivity contribution < 1.29 is 4.74 Å². The minimum atomic E-state index is 0.0191. The van der Waals surface area contributed by atoms with E-state index in [1.54, 1.807) is 18.5 Å². The summed E-state index contributed by atoms with van der Waals surface area (Å²) in [5, 5.41) is 7.48. The van der Waals surface area contributed by atoms with Gasteiger partial charge in [0.05, 0.1) is 17.9 Å². The summed E-state index contributed by atoms with van der Waals surface area (Å²) in [7, 11) is 0. The van der Waals surface area contributed by atoms with Crippen LogP contribution in [0, 0.1) is 5.41 Å². The van der Waals surface area contributed by atoms with E-state index < -0.39 is 0 Å². The molecule has 1 aromatic rings. The fourth-order valence-corrected chi connectivity index (χ4v) is 1.83. The molecule has 4 nitrogen and oxygen atoms in total. The summed E-state index contributed by atoms with van der Waals surface area (Å²) in [5.41, 5.74) is 6.12. The van der Waals surface area contributed by atoms with Gasteiger partial charge in [-0.3, -0.25) is 10.4 Å². The van der Waals surface area contributed by atoms with Gasteiger partial charge in [-0.1, -0.05) is 26.2 Å². The molecule has 0 fully saturated rings. The average molecular weight is 249 g/mol. The first-order valence-corrected chi connectivity index (χ1v) is 6.60. The third-order valence-electron chi connectivity index (χ3n) is 2.87. The van der Waals surface area contributed by atoms with Crippen LogP contribution in [0.5, 0.6) is 5.75 Å². The highest BCUT2D eigenvalue weighted by Crippen LogP contribution is 2.19. The van der Waals surface area contributed by atoms with Crippen molar-refractivity contribution in [1.82, 2.24) is 4.98 Å². The predicted molar refractivity (Wildman–Crippen MR) is 74.1 cm³/mol. The number of ether oxygens (including phenoxy) is 1. The van der Waals surface area contributed by atoms with Gasteiger partial charge in [0.25, 0.3) is 0 Å². The fourth-order valence-electron chi connectivity index (χ4n) is 1.83. The number of rotatable bonds is 8. The van der Waals surface area contributed by atoms with Crippen molar-refractivity contribution in [2.24, 2.45) is 5.73 Å². The number of hydrogen-bond donors (Lipinski definition) is 2. The topological polar surface area (TPSA) is 72.0 Å². The summed E-state index contributed by atoms with van der Waals surface area (Å²) in [4.78, 5) is 4.01. The standard InChI is InChI=1S/C14H23N3O/c1-3-4-5-6-7-11(2)18-13-10-17-9-8-12(13)14(15)16/h8-11H,3-7H2,1-2H3,(H3,15,16). The lowest BCUT2D eigenvalue weighted by Gasteiger charge is -2.16. The van der Waals surface area contributed by atoms with Gasteiger partial charge in [0, 0.05) is 6.20 Å². The van der Waals surface area contributed by atoms with Crippen LogP contribution in [0.2, 0.25) is 0 Å². The summed E-state index contributed by atoms with van der Waals surface area (Å²) < 4.78 is 5.80. The van der Waals surface area contributed by atoms with E-state index in [1.807, 2.05) is 6.92 Å². The molecule has 18 heavy (non-hydrogen) atoms. The summed E-state index contributed by atoms with van der Waals surface area (Å²) in [5.74, 6) is 0.624. The molecule has 0 amide bonds. The van der Waals surface area contributed by atoms with Gasteiger partial charge in [-0.05, 0) is 25.8 Å². The van der Waals surface area contributed by atoms with Gasteiger partial charge in [0.2, 0.25) is 0 Å². The molecule has 0 saturated carbocycles. The number of unbranched alkanes of at least 4 members (excludes halogenated alkanes) is 3. The molecule has 0 aromatic carbocycles. The molecule has 0 bridgehead atoms. The smallest absolute Gasteiger partial charge is 0.148 e. The highest BCUT2D eigenvalue weighted by molar-refractivity contribution is 5.97. The molecule has 1 atom stereocenters. The largest absolute Gasteiger partial charge is 0.488 e. The van der Waals surface area contributed by atoms with Crippen LogP contribution in [0.25, 0.3) is 0 Å². The van der Waals surface area contributed by atoms with Gasteiger partial charge >= 0.3 is 0 Å². The Morgan fingerprint density at radius 1 is 1.44 bits per heavy atom. The lowest BCUT2D eigenvalue weighted by atomic mass is 10.1. The molecular formula is C14H23N3O. The zero-order valence-electron chi connectivity index (χ0n) is 11.3. The number of aromatic nitrogens is 1. The Labute approximate surface area is 109 Å². The van der Waals surface area contributed by atoms with Crippen molar-refractivity contribution >= 4 is 5.84 Å². The molecule has 1 rings (SSSR count). The zero-order chi connectivity index (χ0) is 13.4. The molecule has 1 aromatic heterocycles. The number of pyridine rings is 1. The van der Waals surface area contributed by atoms with Gasteiger partial charge in [0.15, 0.2) is 0 Å². The summed E-state index contributed by atoms with van der Waals surface area (Å²) in [6, 6.07) is 1.71. The highest BCUT2D eigenvalue weighted by Gasteiger charge is 2.10. The van der Waals surface area contributed by atoms with Gasteiger partial charge in [-0.15, -0.1) is 0 Å². The number of amidine groups is 1. The first-order valence-electron chi connectivity index (χ1n) is 6.60. The van der Waals surface area contributed by atoms with Gasteiger partial charge in [-0.25, -0.2) is 0 Å². The monoisotopic (exact) mass is 249 g/mol. The molecule has 3 N–H and O–H groups in total. The summed E-state index contributed by atoms with van der Waals surface area (Å²) in [6.07, 6.45) is 9.33. The van der Waals surface area contributed by atoms with Crippen LogP contribution < -0.4 is 10.5 Å². The van der Waals surface area contributed by atoms with Crippen LogP contribution in [-0.2, 0) is 0 Å². The van der Waals surface area contributed by atoms with E-state index >= 15 is 0 Å². The quantitative estimate of drug-likeness (QED) is 0.422. The van der Waals surface area contributed by atoms with E-state index in [0.29, 0.717) is 11.3 Å². The minimum Gasteiger partial charge on any atom is -0.488 e. The second-order valence-electron chi connectivity index (χ2n) is 4.56. The Bertz CT molecular complexity index is 379. The van der Waals surface area contributed by atoms with Crippen molar-refractivity contribution in [2.45, 2.75) is 52.1 Å². The van der Waals surface area contributed by atoms with Crippen molar-refractivity contribution in [3.8, 4) is 5.75 Å². The number of hydrogen-bond acceptors (Lipinski definition) is 3. The highest BCUT2D eigenvalue weighted by atomic mass is 16.5. The third kappa shape index (κ3) is 4.73. The molecular weight excluding hydrogens is 226 g/mol. The van der Waals surface area contributed by atoms with E-state index in [-0.39, 0.29) is 11.9 Å². The Balaban J connectivity index is 2.48. The third-order valence-corrected chi connectivity index (χ3v) is 2.87. The van der Waals surface area contributed by atoms with Gasteiger partial charge in [0.1, 0.15) is 11.6 Å². The molecule has 1 unspecified atom stereocenters. The molecule has 0 radical (unpaired) electrons. The van der Waals surface area contributed by atoms with Gasteiger partial charge < -0.3 is 10.5 Å². The lowest BCUT2D eigenvalue weighted by Crippen LogP contribution is -2.17. The minimum absolute atomic E-state index is 0.0191. The van der Waals surface area contributed by atoms with E-state index in [9.17, 15) is 0 Å². The van der Waals surface area contributed by atoms with E-state index in [4.69, 9.17) is 15.9 Å². The second kappa shape index (κ2) is 7.69. The molecule has 1 heterocycles. The maximum Gasteiger partial charge on any atom is 0.148 e. The van der Waals surface area contributed by atoms with Crippen molar-refractivity contribution in [3.05, 3.63) is 24.0 Å². The van der Waals surface area contributed by atoms with Gasteiger partial charge in [-0.2, -0.15) is 0 Å². The Morgan fingerprint density at radius 2 is 2.22 bits per heavy atom. The number of nitrogens with zero attached hydrogens (tertiary/aromatic N) is 1. The van der Waals surface area contributed by atoms with E-state index in [1.165, 1.54) is 25.7 Å².